The van der Waals surface area contributed by atoms with E-state index in [4.69, 9.17) is 9.47 Å². The monoisotopic (exact) mass is 172 g/mol. The molecule has 0 aromatic heterocycles. The molecule has 0 bridgehead atoms. The number of Topliss-reactive ketones (excluding diaryl/α,β-unsaturated/α-hetero) is 1. The van der Waals surface area contributed by atoms with Crippen LogP contribution >= 0.6 is 0 Å². The van der Waals surface area contributed by atoms with Gasteiger partial charge in [0.05, 0.1) is 25.4 Å². The second kappa shape index (κ2) is 4.01. The molecule has 0 saturated carbocycles. The molecule has 1 saturated heterocycles. The van der Waals surface area contributed by atoms with Crippen molar-refractivity contribution in [3.05, 3.63) is 0 Å². The lowest BCUT2D eigenvalue weighted by Gasteiger charge is -2.33. The molecule has 1 unspecified atom stereocenters. The summed E-state index contributed by atoms with van der Waals surface area (Å²) in [5.41, 5.74) is -0.232. The fraction of sp³-hybridized carbons (Fsp3) is 0.889. The first kappa shape index (κ1) is 9.68. The SMILES string of the molecule is CC(=O)CCC1(C)COCCO1. The van der Waals surface area contributed by atoms with E-state index >= 15 is 0 Å². The summed E-state index contributed by atoms with van der Waals surface area (Å²) in [4.78, 5) is 10.7. The fourth-order valence-corrected chi connectivity index (χ4v) is 1.26. The van der Waals surface area contributed by atoms with Crippen molar-refractivity contribution in [1.82, 2.24) is 0 Å². The average molecular weight is 172 g/mol. The Labute approximate surface area is 73.0 Å². The van der Waals surface area contributed by atoms with Gasteiger partial charge in [-0.3, -0.25) is 0 Å². The van der Waals surface area contributed by atoms with Crippen LogP contribution in [0.5, 0.6) is 0 Å². The van der Waals surface area contributed by atoms with Gasteiger partial charge in [-0.2, -0.15) is 0 Å². The molecule has 0 aromatic rings. The van der Waals surface area contributed by atoms with Crippen LogP contribution in [0.3, 0.4) is 0 Å². The van der Waals surface area contributed by atoms with E-state index < -0.39 is 0 Å². The highest BCUT2D eigenvalue weighted by atomic mass is 16.6. The van der Waals surface area contributed by atoms with Gasteiger partial charge < -0.3 is 14.3 Å². The Hall–Kier alpha value is -0.410. The largest absolute Gasteiger partial charge is 0.376 e. The predicted molar refractivity (Wildman–Crippen MR) is 45.1 cm³/mol. The molecule has 1 rings (SSSR count). The molecule has 0 amide bonds. The van der Waals surface area contributed by atoms with Gasteiger partial charge in [0.15, 0.2) is 0 Å². The van der Waals surface area contributed by atoms with Crippen molar-refractivity contribution in [2.45, 2.75) is 32.3 Å². The highest BCUT2D eigenvalue weighted by Crippen LogP contribution is 2.21. The summed E-state index contributed by atoms with van der Waals surface area (Å²) in [6, 6.07) is 0. The summed E-state index contributed by atoms with van der Waals surface area (Å²) in [7, 11) is 0. The average Bonchev–Trinajstić information content (AvgIpc) is 2.03. The van der Waals surface area contributed by atoms with E-state index in [0.29, 0.717) is 26.2 Å². The van der Waals surface area contributed by atoms with E-state index in [9.17, 15) is 4.79 Å². The summed E-state index contributed by atoms with van der Waals surface area (Å²) in [6.45, 7) is 5.53. The second-order valence-electron chi connectivity index (χ2n) is 3.55. The topological polar surface area (TPSA) is 35.5 Å². The number of hydrogen-bond donors (Lipinski definition) is 0. The lowest BCUT2D eigenvalue weighted by atomic mass is 9.99. The molecule has 1 fully saturated rings. The number of rotatable bonds is 3. The fourth-order valence-electron chi connectivity index (χ4n) is 1.26. The van der Waals surface area contributed by atoms with Crippen molar-refractivity contribution in [1.29, 1.82) is 0 Å². The normalized spacial score (nSPS) is 30.2. The van der Waals surface area contributed by atoms with Crippen molar-refractivity contribution in [2.75, 3.05) is 19.8 Å². The maximum absolute atomic E-state index is 10.7. The molecule has 1 atom stereocenters. The first-order chi connectivity index (χ1) is 5.62. The molecule has 3 nitrogen and oxygen atoms in total. The van der Waals surface area contributed by atoms with Crippen LogP contribution in [0.4, 0.5) is 0 Å². The van der Waals surface area contributed by atoms with E-state index in [1.165, 1.54) is 0 Å². The minimum Gasteiger partial charge on any atom is -0.376 e. The number of carbonyl (C=O) groups excluding carboxylic acids is 1. The Morgan fingerprint density at radius 2 is 2.25 bits per heavy atom. The van der Waals surface area contributed by atoms with E-state index in [1.807, 2.05) is 6.92 Å². The van der Waals surface area contributed by atoms with Gasteiger partial charge in [-0.25, -0.2) is 0 Å². The van der Waals surface area contributed by atoms with Gasteiger partial charge in [0.1, 0.15) is 5.78 Å². The first-order valence-electron chi connectivity index (χ1n) is 4.33. The molecule has 70 valence electrons. The van der Waals surface area contributed by atoms with E-state index in [1.54, 1.807) is 6.92 Å². The van der Waals surface area contributed by atoms with Crippen LogP contribution in [0.2, 0.25) is 0 Å². The van der Waals surface area contributed by atoms with Gasteiger partial charge in [0.2, 0.25) is 0 Å². The van der Waals surface area contributed by atoms with Gasteiger partial charge >= 0.3 is 0 Å². The standard InChI is InChI=1S/C9H16O3/c1-8(10)3-4-9(2)7-11-5-6-12-9/h3-7H2,1-2H3. The zero-order chi connectivity index (χ0) is 9.03. The molecule has 3 heteroatoms. The lowest BCUT2D eigenvalue weighted by molar-refractivity contribution is -0.153. The van der Waals surface area contributed by atoms with E-state index in [2.05, 4.69) is 0 Å². The van der Waals surface area contributed by atoms with Crippen molar-refractivity contribution >= 4 is 5.78 Å². The molecule has 0 N–H and O–H groups in total. The quantitative estimate of drug-likeness (QED) is 0.641. The number of carbonyl (C=O) groups is 1. The van der Waals surface area contributed by atoms with Crippen LogP contribution in [0.1, 0.15) is 26.7 Å². The third-order valence-electron chi connectivity index (χ3n) is 2.09. The van der Waals surface area contributed by atoms with E-state index in [0.717, 1.165) is 6.42 Å². The van der Waals surface area contributed by atoms with Crippen LogP contribution in [0.15, 0.2) is 0 Å². The summed E-state index contributed by atoms with van der Waals surface area (Å²) < 4.78 is 10.8. The van der Waals surface area contributed by atoms with Crippen LogP contribution < -0.4 is 0 Å². The summed E-state index contributed by atoms with van der Waals surface area (Å²) >= 11 is 0. The molecule has 0 spiro atoms. The highest BCUT2D eigenvalue weighted by Gasteiger charge is 2.28. The third-order valence-corrected chi connectivity index (χ3v) is 2.09. The molecule has 12 heavy (non-hydrogen) atoms. The van der Waals surface area contributed by atoms with Gasteiger partial charge in [-0.05, 0) is 20.3 Å². The third kappa shape index (κ3) is 2.91. The molecule has 0 aliphatic carbocycles. The van der Waals surface area contributed by atoms with Gasteiger partial charge in [-0.15, -0.1) is 0 Å². The van der Waals surface area contributed by atoms with Crippen molar-refractivity contribution < 1.29 is 14.3 Å². The van der Waals surface area contributed by atoms with Crippen LogP contribution in [0, 0.1) is 0 Å². The van der Waals surface area contributed by atoms with Crippen LogP contribution in [-0.4, -0.2) is 31.2 Å². The molecular weight excluding hydrogens is 156 g/mol. The highest BCUT2D eigenvalue weighted by molar-refractivity contribution is 5.75. The van der Waals surface area contributed by atoms with Crippen LogP contribution in [0.25, 0.3) is 0 Å². The van der Waals surface area contributed by atoms with Gasteiger partial charge in [0, 0.05) is 6.42 Å². The molecule has 0 radical (unpaired) electrons. The Morgan fingerprint density at radius 1 is 1.50 bits per heavy atom. The first-order valence-corrected chi connectivity index (χ1v) is 4.33. The Kier molecular flexibility index (Phi) is 3.23. The lowest BCUT2D eigenvalue weighted by Crippen LogP contribution is -2.40. The van der Waals surface area contributed by atoms with Gasteiger partial charge in [0.25, 0.3) is 0 Å². The number of hydrogen-bond acceptors (Lipinski definition) is 3. The minimum atomic E-state index is -0.232. The molecule has 1 aliphatic rings. The molecule has 1 heterocycles. The van der Waals surface area contributed by atoms with Crippen molar-refractivity contribution in [3.8, 4) is 0 Å². The number of ether oxygens (including phenoxy) is 2. The summed E-state index contributed by atoms with van der Waals surface area (Å²) in [6.07, 6.45) is 1.35. The summed E-state index contributed by atoms with van der Waals surface area (Å²) in [5.74, 6) is 0.213. The Bertz CT molecular complexity index is 159. The molecule has 1 aliphatic heterocycles. The van der Waals surface area contributed by atoms with Crippen molar-refractivity contribution in [3.63, 3.8) is 0 Å². The summed E-state index contributed by atoms with van der Waals surface area (Å²) in [5, 5.41) is 0. The van der Waals surface area contributed by atoms with E-state index in [-0.39, 0.29) is 11.4 Å². The number of ketones is 1. The van der Waals surface area contributed by atoms with Gasteiger partial charge in [-0.1, -0.05) is 0 Å². The molecular formula is C9H16O3. The molecule has 0 aromatic carbocycles. The van der Waals surface area contributed by atoms with Crippen LogP contribution in [-0.2, 0) is 14.3 Å². The smallest absolute Gasteiger partial charge is 0.129 e. The second-order valence-corrected chi connectivity index (χ2v) is 3.55. The predicted octanol–water partition coefficient (Wildman–Crippen LogP) is 1.16. The zero-order valence-corrected chi connectivity index (χ0v) is 7.76. The maximum atomic E-state index is 10.7. The Morgan fingerprint density at radius 3 is 2.75 bits per heavy atom. The van der Waals surface area contributed by atoms with Crippen molar-refractivity contribution in [2.24, 2.45) is 0 Å². The Balaban J connectivity index is 2.31. The minimum absolute atomic E-state index is 0.213. The zero-order valence-electron chi connectivity index (χ0n) is 7.76. The maximum Gasteiger partial charge on any atom is 0.129 e.